The van der Waals surface area contributed by atoms with Crippen molar-refractivity contribution in [2.75, 3.05) is 20.1 Å². The summed E-state index contributed by atoms with van der Waals surface area (Å²) in [6, 6.07) is 1.70. The van der Waals surface area contributed by atoms with Crippen molar-refractivity contribution in [1.82, 2.24) is 10.2 Å². The Morgan fingerprint density at radius 2 is 1.78 bits per heavy atom. The summed E-state index contributed by atoms with van der Waals surface area (Å²) in [5, 5.41) is 3.73. The lowest BCUT2D eigenvalue weighted by molar-refractivity contribution is 0.117. The van der Waals surface area contributed by atoms with E-state index in [1.807, 2.05) is 0 Å². The van der Waals surface area contributed by atoms with Crippen LogP contribution < -0.4 is 5.32 Å². The Bertz CT molecular complexity index is 243. The predicted molar refractivity (Wildman–Crippen MR) is 78.9 cm³/mol. The number of hydrogen-bond donors (Lipinski definition) is 1. The van der Waals surface area contributed by atoms with Crippen molar-refractivity contribution in [3.63, 3.8) is 0 Å². The quantitative estimate of drug-likeness (QED) is 0.747. The van der Waals surface area contributed by atoms with Crippen LogP contribution in [0.5, 0.6) is 0 Å². The molecule has 106 valence electrons. The van der Waals surface area contributed by atoms with Crippen molar-refractivity contribution in [3.8, 4) is 0 Å². The summed E-state index contributed by atoms with van der Waals surface area (Å²) in [5.74, 6) is 0. The van der Waals surface area contributed by atoms with Crippen LogP contribution in [-0.2, 0) is 0 Å². The fourth-order valence-corrected chi connectivity index (χ4v) is 3.22. The highest BCUT2D eigenvalue weighted by Gasteiger charge is 2.30. The summed E-state index contributed by atoms with van der Waals surface area (Å²) in [7, 11) is 2.35. The standard InChI is InChI=1S/C16H32N2/c1-4-16(2,12-17-14-10-11-14)13-18(3)15-8-6-5-7-9-15/h14-15,17H,4-13H2,1-3H3. The van der Waals surface area contributed by atoms with E-state index in [-0.39, 0.29) is 0 Å². The highest BCUT2D eigenvalue weighted by Crippen LogP contribution is 2.28. The summed E-state index contributed by atoms with van der Waals surface area (Å²) >= 11 is 0. The first-order valence-electron chi connectivity index (χ1n) is 8.06. The summed E-state index contributed by atoms with van der Waals surface area (Å²) in [6.07, 6.45) is 11.3. The number of rotatable bonds is 7. The van der Waals surface area contributed by atoms with Gasteiger partial charge >= 0.3 is 0 Å². The monoisotopic (exact) mass is 252 g/mol. The zero-order valence-corrected chi connectivity index (χ0v) is 12.7. The van der Waals surface area contributed by atoms with E-state index < -0.39 is 0 Å². The van der Waals surface area contributed by atoms with Gasteiger partial charge in [-0.25, -0.2) is 0 Å². The van der Waals surface area contributed by atoms with Gasteiger partial charge in [0.2, 0.25) is 0 Å². The molecule has 2 aliphatic carbocycles. The Morgan fingerprint density at radius 3 is 2.33 bits per heavy atom. The molecule has 2 heteroatoms. The normalized spacial score (nSPS) is 25.3. The van der Waals surface area contributed by atoms with Crippen LogP contribution in [-0.4, -0.2) is 37.1 Å². The molecule has 2 rings (SSSR count). The van der Waals surface area contributed by atoms with Crippen molar-refractivity contribution in [1.29, 1.82) is 0 Å². The molecule has 0 radical (unpaired) electrons. The van der Waals surface area contributed by atoms with Crippen LogP contribution in [0.4, 0.5) is 0 Å². The third-order valence-electron chi connectivity index (χ3n) is 5.08. The Balaban J connectivity index is 1.78. The van der Waals surface area contributed by atoms with Gasteiger partial charge in [-0.1, -0.05) is 33.1 Å². The lowest BCUT2D eigenvalue weighted by Crippen LogP contribution is -2.45. The molecule has 2 saturated carbocycles. The first-order chi connectivity index (χ1) is 8.63. The minimum atomic E-state index is 0.453. The van der Waals surface area contributed by atoms with Crippen molar-refractivity contribution >= 4 is 0 Å². The van der Waals surface area contributed by atoms with Gasteiger partial charge in [0.1, 0.15) is 0 Å². The predicted octanol–water partition coefficient (Wildman–Crippen LogP) is 3.42. The Labute approximate surface area is 114 Å². The Hall–Kier alpha value is -0.0800. The average Bonchev–Trinajstić information content (AvgIpc) is 3.21. The van der Waals surface area contributed by atoms with E-state index in [1.54, 1.807) is 0 Å². The van der Waals surface area contributed by atoms with Crippen molar-refractivity contribution < 1.29 is 0 Å². The van der Waals surface area contributed by atoms with E-state index in [0.717, 1.165) is 12.1 Å². The second kappa shape index (κ2) is 6.38. The molecule has 0 heterocycles. The fraction of sp³-hybridized carbons (Fsp3) is 1.00. The molecule has 2 fully saturated rings. The maximum absolute atomic E-state index is 3.73. The zero-order chi connectivity index (χ0) is 13.0. The number of nitrogens with zero attached hydrogens (tertiary/aromatic N) is 1. The van der Waals surface area contributed by atoms with Gasteiger partial charge in [0.25, 0.3) is 0 Å². The van der Waals surface area contributed by atoms with E-state index >= 15 is 0 Å². The summed E-state index contributed by atoms with van der Waals surface area (Å²) in [5.41, 5.74) is 0.453. The van der Waals surface area contributed by atoms with Gasteiger partial charge < -0.3 is 10.2 Å². The Morgan fingerprint density at radius 1 is 1.11 bits per heavy atom. The molecule has 0 aromatic rings. The molecular formula is C16H32N2. The Kier molecular flexibility index (Phi) is 5.08. The van der Waals surface area contributed by atoms with E-state index in [0.29, 0.717) is 5.41 Å². The zero-order valence-electron chi connectivity index (χ0n) is 12.7. The smallest absolute Gasteiger partial charge is 0.00924 e. The van der Waals surface area contributed by atoms with Crippen LogP contribution in [0.3, 0.4) is 0 Å². The van der Waals surface area contributed by atoms with E-state index in [4.69, 9.17) is 0 Å². The van der Waals surface area contributed by atoms with Crippen LogP contribution >= 0.6 is 0 Å². The highest BCUT2D eigenvalue weighted by molar-refractivity contribution is 4.87. The van der Waals surface area contributed by atoms with Crippen molar-refractivity contribution in [2.45, 2.75) is 77.3 Å². The topological polar surface area (TPSA) is 15.3 Å². The maximum atomic E-state index is 3.73. The van der Waals surface area contributed by atoms with E-state index in [1.165, 1.54) is 64.5 Å². The molecule has 2 nitrogen and oxygen atoms in total. The molecule has 0 aromatic carbocycles. The summed E-state index contributed by atoms with van der Waals surface area (Å²) in [4.78, 5) is 2.65. The number of nitrogens with one attached hydrogen (secondary N) is 1. The van der Waals surface area contributed by atoms with Gasteiger partial charge in [0.15, 0.2) is 0 Å². The molecule has 0 spiro atoms. The molecule has 0 aromatic heterocycles. The molecule has 0 bridgehead atoms. The molecular weight excluding hydrogens is 220 g/mol. The number of hydrogen-bond acceptors (Lipinski definition) is 2. The second-order valence-corrected chi connectivity index (χ2v) is 7.03. The summed E-state index contributed by atoms with van der Waals surface area (Å²) < 4.78 is 0. The van der Waals surface area contributed by atoms with Gasteiger partial charge in [-0.2, -0.15) is 0 Å². The molecule has 18 heavy (non-hydrogen) atoms. The van der Waals surface area contributed by atoms with Crippen LogP contribution in [0.15, 0.2) is 0 Å². The minimum absolute atomic E-state index is 0.453. The van der Waals surface area contributed by atoms with Crippen molar-refractivity contribution in [3.05, 3.63) is 0 Å². The lowest BCUT2D eigenvalue weighted by Gasteiger charge is -2.38. The molecule has 0 amide bonds. The van der Waals surface area contributed by atoms with Crippen molar-refractivity contribution in [2.24, 2.45) is 5.41 Å². The fourth-order valence-electron chi connectivity index (χ4n) is 3.22. The van der Waals surface area contributed by atoms with Crippen LogP contribution in [0.25, 0.3) is 0 Å². The first kappa shape index (κ1) is 14.3. The third-order valence-corrected chi connectivity index (χ3v) is 5.08. The first-order valence-corrected chi connectivity index (χ1v) is 8.06. The van der Waals surface area contributed by atoms with Gasteiger partial charge in [-0.05, 0) is 44.6 Å². The lowest BCUT2D eigenvalue weighted by atomic mass is 9.85. The van der Waals surface area contributed by atoms with Gasteiger partial charge in [0, 0.05) is 25.2 Å². The minimum Gasteiger partial charge on any atom is -0.313 e. The largest absolute Gasteiger partial charge is 0.313 e. The van der Waals surface area contributed by atoms with Gasteiger partial charge in [0.05, 0.1) is 0 Å². The third kappa shape index (κ3) is 4.24. The van der Waals surface area contributed by atoms with Gasteiger partial charge in [-0.3, -0.25) is 0 Å². The molecule has 1 unspecified atom stereocenters. The van der Waals surface area contributed by atoms with Crippen LogP contribution in [0.2, 0.25) is 0 Å². The molecule has 0 saturated heterocycles. The molecule has 2 aliphatic rings. The van der Waals surface area contributed by atoms with E-state index in [2.05, 4.69) is 31.1 Å². The second-order valence-electron chi connectivity index (χ2n) is 7.03. The highest BCUT2D eigenvalue weighted by atomic mass is 15.1. The maximum Gasteiger partial charge on any atom is 0.00924 e. The summed E-state index contributed by atoms with van der Waals surface area (Å²) in [6.45, 7) is 7.27. The van der Waals surface area contributed by atoms with E-state index in [9.17, 15) is 0 Å². The van der Waals surface area contributed by atoms with Gasteiger partial charge in [-0.15, -0.1) is 0 Å². The molecule has 0 aliphatic heterocycles. The average molecular weight is 252 g/mol. The SMILES string of the molecule is CCC(C)(CNC1CC1)CN(C)C1CCCCC1. The molecule has 1 atom stereocenters. The molecule has 1 N–H and O–H groups in total. The van der Waals surface area contributed by atoms with Crippen LogP contribution in [0.1, 0.15) is 65.2 Å². The van der Waals surface area contributed by atoms with Crippen LogP contribution in [0, 0.1) is 5.41 Å².